The molecule has 2 heterocycles. The summed E-state index contributed by atoms with van der Waals surface area (Å²) in [6.45, 7) is 1.90. The fourth-order valence-corrected chi connectivity index (χ4v) is 2.90. The summed E-state index contributed by atoms with van der Waals surface area (Å²) in [4.78, 5) is 4.46. The van der Waals surface area contributed by atoms with E-state index in [1.54, 1.807) is 4.68 Å². The van der Waals surface area contributed by atoms with Crippen molar-refractivity contribution in [1.29, 1.82) is 0 Å². The fraction of sp³-hybridized carbons (Fsp3) is 0.0909. The Hall–Kier alpha value is -1.59. The van der Waals surface area contributed by atoms with Crippen LogP contribution in [0.4, 0.5) is 5.82 Å². The third kappa shape index (κ3) is 1.67. The number of hydrogen-bond donors (Lipinski definition) is 1. The molecule has 6 heteroatoms. The van der Waals surface area contributed by atoms with Crippen molar-refractivity contribution < 1.29 is 0 Å². The molecule has 0 spiro atoms. The van der Waals surface area contributed by atoms with E-state index in [1.807, 2.05) is 31.2 Å². The van der Waals surface area contributed by atoms with Gasteiger partial charge in [0.05, 0.1) is 15.4 Å². The molecule has 0 aliphatic rings. The molecule has 0 aliphatic carbocycles. The molecule has 1 aromatic carbocycles. The van der Waals surface area contributed by atoms with Crippen LogP contribution in [0.2, 0.25) is 5.02 Å². The van der Waals surface area contributed by atoms with E-state index in [9.17, 15) is 0 Å². The highest BCUT2D eigenvalue weighted by molar-refractivity contribution is 7.20. The highest BCUT2D eigenvalue weighted by atomic mass is 35.5. The van der Waals surface area contributed by atoms with Crippen molar-refractivity contribution in [2.75, 3.05) is 5.73 Å². The van der Waals surface area contributed by atoms with Crippen LogP contribution >= 0.6 is 22.9 Å². The fourth-order valence-electron chi connectivity index (χ4n) is 1.67. The van der Waals surface area contributed by atoms with Crippen LogP contribution in [0.1, 0.15) is 5.69 Å². The number of nitrogens with zero attached hydrogens (tertiary/aromatic N) is 3. The maximum atomic E-state index is 6.09. The number of halogens is 1. The molecule has 0 aliphatic heterocycles. The zero-order valence-electron chi connectivity index (χ0n) is 9.01. The molecule has 3 rings (SSSR count). The summed E-state index contributed by atoms with van der Waals surface area (Å²) in [5.41, 5.74) is 7.53. The number of aromatic nitrogens is 3. The summed E-state index contributed by atoms with van der Waals surface area (Å²) in [6.07, 6.45) is 0. The highest BCUT2D eigenvalue weighted by Crippen LogP contribution is 2.30. The predicted octanol–water partition coefficient (Wildman–Crippen LogP) is 3.03. The Labute approximate surface area is 107 Å². The molecule has 17 heavy (non-hydrogen) atoms. The van der Waals surface area contributed by atoms with Gasteiger partial charge in [0.15, 0.2) is 0 Å². The molecule has 0 unspecified atom stereocenters. The van der Waals surface area contributed by atoms with E-state index in [2.05, 4.69) is 10.1 Å². The average Bonchev–Trinajstić information content (AvgIpc) is 2.82. The van der Waals surface area contributed by atoms with Gasteiger partial charge < -0.3 is 5.73 Å². The van der Waals surface area contributed by atoms with Crippen LogP contribution in [0, 0.1) is 6.92 Å². The second-order valence-corrected chi connectivity index (χ2v) is 5.12. The van der Waals surface area contributed by atoms with Crippen LogP contribution in [0.3, 0.4) is 0 Å². The zero-order chi connectivity index (χ0) is 12.0. The van der Waals surface area contributed by atoms with Crippen molar-refractivity contribution >= 4 is 39.0 Å². The van der Waals surface area contributed by atoms with Crippen molar-refractivity contribution in [3.63, 3.8) is 0 Å². The summed E-state index contributed by atoms with van der Waals surface area (Å²) in [5, 5.41) is 5.68. The van der Waals surface area contributed by atoms with Crippen LogP contribution in [-0.2, 0) is 0 Å². The van der Waals surface area contributed by atoms with Crippen molar-refractivity contribution in [3.8, 4) is 5.13 Å². The molecule has 0 saturated carbocycles. The minimum absolute atomic E-state index is 0.581. The second-order valence-electron chi connectivity index (χ2n) is 3.71. The Kier molecular flexibility index (Phi) is 2.31. The van der Waals surface area contributed by atoms with Crippen molar-refractivity contribution in [3.05, 3.63) is 35.0 Å². The average molecular weight is 265 g/mol. The van der Waals surface area contributed by atoms with Gasteiger partial charge in [0.2, 0.25) is 5.13 Å². The summed E-state index contributed by atoms with van der Waals surface area (Å²) < 4.78 is 2.66. The summed E-state index contributed by atoms with van der Waals surface area (Å²) in [5.74, 6) is 0.581. The molecule has 0 radical (unpaired) electrons. The van der Waals surface area contributed by atoms with Gasteiger partial charge >= 0.3 is 0 Å². The molecule has 4 nitrogen and oxygen atoms in total. The van der Waals surface area contributed by atoms with E-state index in [-0.39, 0.29) is 0 Å². The van der Waals surface area contributed by atoms with E-state index in [4.69, 9.17) is 17.3 Å². The van der Waals surface area contributed by atoms with Gasteiger partial charge in [0.25, 0.3) is 0 Å². The lowest BCUT2D eigenvalue weighted by atomic mass is 10.3. The quantitative estimate of drug-likeness (QED) is 0.735. The third-order valence-corrected chi connectivity index (χ3v) is 3.70. The molecule has 86 valence electrons. The Balaban J connectivity index is 2.25. The van der Waals surface area contributed by atoms with E-state index < -0.39 is 0 Å². The lowest BCUT2D eigenvalue weighted by Gasteiger charge is -1.96. The molecule has 0 saturated heterocycles. The standard InChI is InChI=1S/C11H9ClN4S/c1-6-5-9(13)16(15-6)11-14-10-7(12)3-2-4-8(10)17-11/h2-5H,13H2,1H3. The van der Waals surface area contributed by atoms with Crippen molar-refractivity contribution in [1.82, 2.24) is 14.8 Å². The normalized spacial score (nSPS) is 11.2. The molecule has 0 amide bonds. The molecule has 0 fully saturated rings. The van der Waals surface area contributed by atoms with Gasteiger partial charge in [0, 0.05) is 6.07 Å². The monoisotopic (exact) mass is 264 g/mol. The number of hydrogen-bond acceptors (Lipinski definition) is 4. The van der Waals surface area contributed by atoms with Crippen LogP contribution in [0.25, 0.3) is 15.3 Å². The molecule has 0 bridgehead atoms. The Morgan fingerprint density at radius 1 is 1.41 bits per heavy atom. The summed E-state index contributed by atoms with van der Waals surface area (Å²) in [7, 11) is 0. The van der Waals surface area contributed by atoms with Gasteiger partial charge in [-0.1, -0.05) is 29.0 Å². The number of rotatable bonds is 1. The first-order valence-electron chi connectivity index (χ1n) is 5.03. The minimum Gasteiger partial charge on any atom is -0.383 e. The second kappa shape index (κ2) is 3.72. The number of nitrogen functional groups attached to an aromatic ring is 1. The van der Waals surface area contributed by atoms with E-state index in [0.29, 0.717) is 10.8 Å². The SMILES string of the molecule is Cc1cc(N)n(-c2nc3c(Cl)cccc3s2)n1. The van der Waals surface area contributed by atoms with Gasteiger partial charge in [0.1, 0.15) is 11.3 Å². The molecule has 2 aromatic heterocycles. The van der Waals surface area contributed by atoms with Crippen LogP contribution in [0.5, 0.6) is 0 Å². The molecular weight excluding hydrogens is 256 g/mol. The van der Waals surface area contributed by atoms with Gasteiger partial charge in [-0.15, -0.1) is 0 Å². The van der Waals surface area contributed by atoms with Crippen molar-refractivity contribution in [2.24, 2.45) is 0 Å². The van der Waals surface area contributed by atoms with Crippen LogP contribution in [-0.4, -0.2) is 14.8 Å². The number of fused-ring (bicyclic) bond motifs is 1. The van der Waals surface area contributed by atoms with E-state index >= 15 is 0 Å². The van der Waals surface area contributed by atoms with Gasteiger partial charge in [-0.05, 0) is 19.1 Å². The smallest absolute Gasteiger partial charge is 0.213 e. The topological polar surface area (TPSA) is 56.7 Å². The molecule has 0 atom stereocenters. The lowest BCUT2D eigenvalue weighted by Crippen LogP contribution is -2.00. The number of aryl methyl sites for hydroxylation is 1. The van der Waals surface area contributed by atoms with Gasteiger partial charge in [-0.2, -0.15) is 9.78 Å². The zero-order valence-corrected chi connectivity index (χ0v) is 10.6. The minimum atomic E-state index is 0.581. The maximum Gasteiger partial charge on any atom is 0.213 e. The van der Waals surface area contributed by atoms with E-state index in [0.717, 1.165) is 21.0 Å². The first-order chi connectivity index (χ1) is 8.15. The number of nitrogens with two attached hydrogens (primary N) is 1. The number of para-hydroxylation sites is 1. The van der Waals surface area contributed by atoms with E-state index in [1.165, 1.54) is 11.3 Å². The summed E-state index contributed by atoms with van der Waals surface area (Å²) >= 11 is 7.60. The summed E-state index contributed by atoms with van der Waals surface area (Å²) in [6, 6.07) is 7.53. The molecule has 3 aromatic rings. The molecule has 2 N–H and O–H groups in total. The van der Waals surface area contributed by atoms with Crippen LogP contribution < -0.4 is 5.73 Å². The Morgan fingerprint density at radius 3 is 2.88 bits per heavy atom. The Morgan fingerprint density at radius 2 is 2.24 bits per heavy atom. The van der Waals surface area contributed by atoms with Crippen LogP contribution in [0.15, 0.2) is 24.3 Å². The van der Waals surface area contributed by atoms with Gasteiger partial charge in [-0.25, -0.2) is 4.98 Å². The first kappa shape index (κ1) is 10.6. The number of thiazole rings is 1. The third-order valence-electron chi connectivity index (χ3n) is 2.40. The Bertz CT molecular complexity index is 701. The number of anilines is 1. The lowest BCUT2D eigenvalue weighted by molar-refractivity contribution is 0.865. The van der Waals surface area contributed by atoms with Crippen molar-refractivity contribution in [2.45, 2.75) is 6.92 Å². The maximum absolute atomic E-state index is 6.09. The predicted molar refractivity (Wildman–Crippen MR) is 70.9 cm³/mol. The molecular formula is C11H9ClN4S. The largest absolute Gasteiger partial charge is 0.383 e. The first-order valence-corrected chi connectivity index (χ1v) is 6.22. The highest BCUT2D eigenvalue weighted by Gasteiger charge is 2.11. The van der Waals surface area contributed by atoms with Gasteiger partial charge in [-0.3, -0.25) is 0 Å². The number of benzene rings is 1.